The average Bonchev–Trinajstić information content (AvgIpc) is 2.39. The van der Waals surface area contributed by atoms with Gasteiger partial charge >= 0.3 is 0 Å². The Morgan fingerprint density at radius 1 is 0.842 bits per heavy atom. The maximum atomic E-state index is 10.2. The first kappa shape index (κ1) is 13.3. The van der Waals surface area contributed by atoms with E-state index in [1.807, 2.05) is 26.0 Å². The Labute approximate surface area is 112 Å². The minimum atomic E-state index is 0.0124. The molecule has 0 fully saturated rings. The van der Waals surface area contributed by atoms with Gasteiger partial charge in [-0.15, -0.1) is 0 Å². The zero-order valence-corrected chi connectivity index (χ0v) is 11.1. The predicted octanol–water partition coefficient (Wildman–Crippen LogP) is 3.60. The second kappa shape index (κ2) is 5.22. The summed E-state index contributed by atoms with van der Waals surface area (Å²) >= 11 is 0. The molecule has 2 aromatic carbocycles. The van der Waals surface area contributed by atoms with Crippen LogP contribution in [-0.4, -0.2) is 15.3 Å². The van der Waals surface area contributed by atoms with E-state index in [-0.39, 0.29) is 17.2 Å². The molecular formula is C16H18O3. The van der Waals surface area contributed by atoms with E-state index in [0.29, 0.717) is 17.5 Å². The molecule has 0 amide bonds. The molecule has 0 aliphatic carbocycles. The Hall–Kier alpha value is -2.16. The zero-order valence-electron chi connectivity index (χ0n) is 11.1. The Morgan fingerprint density at radius 3 is 2.00 bits per heavy atom. The Morgan fingerprint density at radius 2 is 1.47 bits per heavy atom. The summed E-state index contributed by atoms with van der Waals surface area (Å²) in [5, 5.41) is 30.1. The normalized spacial score (nSPS) is 10.6. The number of benzene rings is 2. The van der Waals surface area contributed by atoms with Crippen LogP contribution in [0.3, 0.4) is 0 Å². The number of phenols is 3. The second-order valence-corrected chi connectivity index (χ2v) is 4.48. The summed E-state index contributed by atoms with van der Waals surface area (Å²) in [5.41, 5.74) is 2.66. The molecule has 19 heavy (non-hydrogen) atoms. The molecule has 3 nitrogen and oxygen atoms in total. The number of aromatic hydroxyl groups is 3. The SMILES string of the molecule is CCc1ccc(-c2c(O)cccc2O)c(CC)c1O. The molecule has 0 aliphatic rings. The Kier molecular flexibility index (Phi) is 3.65. The molecule has 0 saturated heterocycles. The highest BCUT2D eigenvalue weighted by Gasteiger charge is 2.17. The minimum Gasteiger partial charge on any atom is -0.507 e. The van der Waals surface area contributed by atoms with Crippen LogP contribution in [0.5, 0.6) is 17.2 Å². The smallest absolute Gasteiger partial charge is 0.127 e. The molecule has 100 valence electrons. The number of hydrogen-bond acceptors (Lipinski definition) is 3. The first-order valence-corrected chi connectivity index (χ1v) is 6.45. The molecule has 0 bridgehead atoms. The van der Waals surface area contributed by atoms with Gasteiger partial charge in [0.25, 0.3) is 0 Å². The van der Waals surface area contributed by atoms with Gasteiger partial charge in [-0.3, -0.25) is 0 Å². The predicted molar refractivity (Wildman–Crippen MR) is 75.6 cm³/mol. The maximum absolute atomic E-state index is 10.2. The lowest BCUT2D eigenvalue weighted by atomic mass is 9.93. The van der Waals surface area contributed by atoms with E-state index in [1.165, 1.54) is 12.1 Å². The van der Waals surface area contributed by atoms with Gasteiger partial charge in [0, 0.05) is 5.56 Å². The van der Waals surface area contributed by atoms with Gasteiger partial charge in [-0.1, -0.05) is 32.0 Å². The summed E-state index contributed by atoms with van der Waals surface area (Å²) in [6, 6.07) is 8.31. The molecule has 0 saturated carbocycles. The van der Waals surface area contributed by atoms with E-state index in [1.54, 1.807) is 6.07 Å². The molecule has 2 aromatic rings. The Bertz CT molecular complexity index is 583. The highest BCUT2D eigenvalue weighted by Crippen LogP contribution is 2.42. The van der Waals surface area contributed by atoms with Gasteiger partial charge in [-0.05, 0) is 36.1 Å². The van der Waals surface area contributed by atoms with Gasteiger partial charge < -0.3 is 15.3 Å². The molecule has 0 unspecified atom stereocenters. The van der Waals surface area contributed by atoms with Crippen LogP contribution in [0.1, 0.15) is 25.0 Å². The second-order valence-electron chi connectivity index (χ2n) is 4.48. The minimum absolute atomic E-state index is 0.0124. The fourth-order valence-electron chi connectivity index (χ4n) is 2.37. The van der Waals surface area contributed by atoms with Crippen LogP contribution >= 0.6 is 0 Å². The lowest BCUT2D eigenvalue weighted by molar-refractivity contribution is 0.453. The largest absolute Gasteiger partial charge is 0.507 e. The van der Waals surface area contributed by atoms with Crippen molar-refractivity contribution in [1.82, 2.24) is 0 Å². The first-order valence-electron chi connectivity index (χ1n) is 6.45. The maximum Gasteiger partial charge on any atom is 0.127 e. The van der Waals surface area contributed by atoms with Crippen molar-refractivity contribution in [2.45, 2.75) is 26.7 Å². The summed E-state index contributed by atoms with van der Waals surface area (Å²) in [5.74, 6) is 0.279. The molecule has 3 N–H and O–H groups in total. The lowest BCUT2D eigenvalue weighted by Crippen LogP contribution is -1.93. The molecule has 3 heteroatoms. The van der Waals surface area contributed by atoms with Gasteiger partial charge in [0.05, 0.1) is 5.56 Å². The van der Waals surface area contributed by atoms with Gasteiger partial charge in [-0.2, -0.15) is 0 Å². The summed E-state index contributed by atoms with van der Waals surface area (Å²) in [6.45, 7) is 3.92. The van der Waals surface area contributed by atoms with Gasteiger partial charge in [0.15, 0.2) is 0 Å². The molecule has 0 heterocycles. The fraction of sp³-hybridized carbons (Fsp3) is 0.250. The van der Waals surface area contributed by atoms with Crippen molar-refractivity contribution >= 4 is 0 Å². The monoisotopic (exact) mass is 258 g/mol. The molecule has 0 aromatic heterocycles. The molecule has 0 atom stereocenters. The van der Waals surface area contributed by atoms with E-state index in [2.05, 4.69) is 0 Å². The topological polar surface area (TPSA) is 60.7 Å². The lowest BCUT2D eigenvalue weighted by Gasteiger charge is -2.15. The third kappa shape index (κ3) is 2.24. The fourth-order valence-corrected chi connectivity index (χ4v) is 2.37. The van der Waals surface area contributed by atoms with Crippen molar-refractivity contribution in [1.29, 1.82) is 0 Å². The summed E-state index contributed by atoms with van der Waals surface area (Å²) < 4.78 is 0. The van der Waals surface area contributed by atoms with E-state index in [9.17, 15) is 15.3 Å². The quantitative estimate of drug-likeness (QED) is 0.788. The molecule has 2 rings (SSSR count). The molecule has 0 aliphatic heterocycles. The van der Waals surface area contributed by atoms with E-state index >= 15 is 0 Å². The van der Waals surface area contributed by atoms with Crippen molar-refractivity contribution in [2.75, 3.05) is 0 Å². The van der Waals surface area contributed by atoms with Crippen molar-refractivity contribution in [3.63, 3.8) is 0 Å². The van der Waals surface area contributed by atoms with Crippen molar-refractivity contribution in [3.8, 4) is 28.4 Å². The van der Waals surface area contributed by atoms with Crippen molar-refractivity contribution in [3.05, 3.63) is 41.5 Å². The third-order valence-electron chi connectivity index (χ3n) is 3.39. The van der Waals surface area contributed by atoms with Crippen LogP contribution in [0.2, 0.25) is 0 Å². The van der Waals surface area contributed by atoms with Crippen molar-refractivity contribution < 1.29 is 15.3 Å². The summed E-state index contributed by atoms with van der Waals surface area (Å²) in [6.07, 6.45) is 1.37. The third-order valence-corrected chi connectivity index (χ3v) is 3.39. The average molecular weight is 258 g/mol. The van der Waals surface area contributed by atoms with E-state index in [0.717, 1.165) is 17.5 Å². The zero-order chi connectivity index (χ0) is 14.0. The summed E-state index contributed by atoms with van der Waals surface area (Å²) in [4.78, 5) is 0. The highest BCUT2D eigenvalue weighted by atomic mass is 16.3. The highest BCUT2D eigenvalue weighted by molar-refractivity contribution is 5.80. The van der Waals surface area contributed by atoms with Crippen molar-refractivity contribution in [2.24, 2.45) is 0 Å². The first-order chi connectivity index (χ1) is 9.10. The number of hydrogen-bond donors (Lipinski definition) is 3. The molecule has 0 radical (unpaired) electrons. The van der Waals surface area contributed by atoms with E-state index < -0.39 is 0 Å². The molecular weight excluding hydrogens is 240 g/mol. The Balaban J connectivity index is 2.73. The van der Waals surface area contributed by atoms with Crippen LogP contribution in [0.4, 0.5) is 0 Å². The number of aryl methyl sites for hydroxylation is 1. The van der Waals surface area contributed by atoms with Crippen LogP contribution in [-0.2, 0) is 12.8 Å². The standard InChI is InChI=1S/C16H18O3/c1-3-10-8-9-12(11(4-2)16(10)19)15-13(17)6-5-7-14(15)18/h5-9,17-19H,3-4H2,1-2H3. The molecule has 0 spiro atoms. The van der Waals surface area contributed by atoms with Crippen LogP contribution in [0.15, 0.2) is 30.3 Å². The van der Waals surface area contributed by atoms with Crippen LogP contribution in [0.25, 0.3) is 11.1 Å². The van der Waals surface area contributed by atoms with E-state index in [4.69, 9.17) is 0 Å². The van der Waals surface area contributed by atoms with Gasteiger partial charge in [-0.25, -0.2) is 0 Å². The van der Waals surface area contributed by atoms with Crippen LogP contribution < -0.4 is 0 Å². The van der Waals surface area contributed by atoms with Crippen LogP contribution in [0, 0.1) is 0 Å². The number of phenolic OH excluding ortho intramolecular Hbond substituents is 3. The van der Waals surface area contributed by atoms with Gasteiger partial charge in [0.2, 0.25) is 0 Å². The number of rotatable bonds is 3. The summed E-state index contributed by atoms with van der Waals surface area (Å²) in [7, 11) is 0. The van der Waals surface area contributed by atoms with Gasteiger partial charge in [0.1, 0.15) is 17.2 Å².